The van der Waals surface area contributed by atoms with Gasteiger partial charge in [-0.3, -0.25) is 0 Å². The molecule has 0 unspecified atom stereocenters. The third-order valence-electron chi connectivity index (χ3n) is 5.41. The molecule has 2 fully saturated rings. The molecule has 0 radical (unpaired) electrons. The Bertz CT molecular complexity index is 940. The maximum Gasteiger partial charge on any atom is 0.416 e. The van der Waals surface area contributed by atoms with Crippen LogP contribution in [0.15, 0.2) is 47.8 Å². The summed E-state index contributed by atoms with van der Waals surface area (Å²) in [4.78, 5) is 10.5. The van der Waals surface area contributed by atoms with Crippen LogP contribution in [0.25, 0.3) is 0 Å². The van der Waals surface area contributed by atoms with Gasteiger partial charge in [0.2, 0.25) is 10.0 Å². The lowest BCUT2D eigenvalue weighted by Gasteiger charge is -2.38. The fourth-order valence-electron chi connectivity index (χ4n) is 3.79. The Hall–Kier alpha value is -2.20. The third-order valence-corrected chi connectivity index (χ3v) is 7.32. The van der Waals surface area contributed by atoms with Gasteiger partial charge in [0.1, 0.15) is 12.1 Å². The minimum absolute atomic E-state index is 0.112. The minimum Gasteiger partial charge on any atom is -0.350 e. The Morgan fingerprint density at radius 3 is 2.10 bits per heavy atom. The number of alkyl halides is 3. The van der Waals surface area contributed by atoms with Gasteiger partial charge in [0.15, 0.2) is 0 Å². The second kappa shape index (κ2) is 7.56. The molecule has 0 amide bonds. The fraction of sp³-hybridized carbons (Fsp3) is 0.474. The third kappa shape index (κ3) is 4.23. The largest absolute Gasteiger partial charge is 0.416 e. The molecule has 2 aliphatic rings. The quantitative estimate of drug-likeness (QED) is 0.734. The van der Waals surface area contributed by atoms with Gasteiger partial charge in [-0.05, 0) is 56.0 Å². The van der Waals surface area contributed by atoms with Crippen LogP contribution >= 0.6 is 0 Å². The molecule has 1 aliphatic heterocycles. The minimum atomic E-state index is -4.49. The molecule has 1 aromatic heterocycles. The van der Waals surface area contributed by atoms with E-state index in [1.54, 1.807) is 6.20 Å². The molecule has 4 rings (SSSR count). The summed E-state index contributed by atoms with van der Waals surface area (Å²) >= 11 is 0. The zero-order chi connectivity index (χ0) is 20.6. The van der Waals surface area contributed by atoms with Gasteiger partial charge in [0.05, 0.1) is 10.5 Å². The van der Waals surface area contributed by atoms with Crippen LogP contribution in [-0.4, -0.2) is 47.9 Å². The molecule has 0 bridgehead atoms. The summed E-state index contributed by atoms with van der Waals surface area (Å²) in [6.07, 6.45) is 2.17. The summed E-state index contributed by atoms with van der Waals surface area (Å²) in [5.41, 5.74) is -0.861. The van der Waals surface area contributed by atoms with E-state index in [0.29, 0.717) is 32.0 Å². The van der Waals surface area contributed by atoms with E-state index in [-0.39, 0.29) is 10.9 Å². The Balaban J connectivity index is 1.46. The molecule has 2 aromatic rings. The SMILES string of the molecule is O=S(=O)(c1ccc(C(F)(F)F)cc1)N1CCC(N(c2ccncn2)C2CC2)CC1. The lowest BCUT2D eigenvalue weighted by Crippen LogP contribution is -2.48. The van der Waals surface area contributed by atoms with E-state index in [4.69, 9.17) is 0 Å². The average molecular weight is 426 g/mol. The van der Waals surface area contributed by atoms with Gasteiger partial charge in [-0.25, -0.2) is 18.4 Å². The van der Waals surface area contributed by atoms with Crippen LogP contribution in [0.2, 0.25) is 0 Å². The summed E-state index contributed by atoms with van der Waals surface area (Å²) in [6, 6.07) is 6.14. The van der Waals surface area contributed by atoms with Crippen molar-refractivity contribution in [2.24, 2.45) is 0 Å². The first-order valence-electron chi connectivity index (χ1n) is 9.48. The highest BCUT2D eigenvalue weighted by Gasteiger charge is 2.38. The molecule has 156 valence electrons. The smallest absolute Gasteiger partial charge is 0.350 e. The van der Waals surface area contributed by atoms with E-state index in [1.165, 1.54) is 10.6 Å². The zero-order valence-electron chi connectivity index (χ0n) is 15.6. The Morgan fingerprint density at radius 2 is 1.59 bits per heavy atom. The van der Waals surface area contributed by atoms with Gasteiger partial charge in [0, 0.05) is 31.4 Å². The number of nitrogens with zero attached hydrogens (tertiary/aromatic N) is 4. The lowest BCUT2D eigenvalue weighted by molar-refractivity contribution is -0.137. The Kier molecular flexibility index (Phi) is 5.24. The monoisotopic (exact) mass is 426 g/mol. The van der Waals surface area contributed by atoms with Crippen molar-refractivity contribution in [3.05, 3.63) is 48.4 Å². The maximum atomic E-state index is 12.9. The molecule has 2 heterocycles. The van der Waals surface area contributed by atoms with Gasteiger partial charge in [-0.1, -0.05) is 0 Å². The first-order chi connectivity index (χ1) is 13.8. The number of halogens is 3. The number of sulfonamides is 1. The van der Waals surface area contributed by atoms with Gasteiger partial charge in [0.25, 0.3) is 0 Å². The first kappa shape index (κ1) is 20.1. The molecule has 0 N–H and O–H groups in total. The standard InChI is InChI=1S/C19H21F3N4O2S/c20-19(21,22)14-1-5-17(6-2-14)29(27,28)25-11-8-16(9-12-25)26(15-3-4-15)18-7-10-23-13-24-18/h1-2,5-7,10,13,15-16H,3-4,8-9,11-12H2. The van der Waals surface area contributed by atoms with Crippen LogP contribution in [0, 0.1) is 0 Å². The van der Waals surface area contributed by atoms with Crippen LogP contribution in [0.1, 0.15) is 31.2 Å². The van der Waals surface area contributed by atoms with Crippen LogP contribution in [0.4, 0.5) is 19.0 Å². The average Bonchev–Trinajstić information content (AvgIpc) is 3.54. The van der Waals surface area contributed by atoms with E-state index in [2.05, 4.69) is 14.9 Å². The summed E-state index contributed by atoms with van der Waals surface area (Å²) in [6.45, 7) is 0.644. The van der Waals surface area contributed by atoms with Gasteiger partial charge in [-0.15, -0.1) is 0 Å². The maximum absolute atomic E-state index is 12.9. The van der Waals surface area contributed by atoms with E-state index < -0.39 is 21.8 Å². The predicted octanol–water partition coefficient (Wildman–Crippen LogP) is 3.32. The number of anilines is 1. The van der Waals surface area contributed by atoms with Crippen molar-refractivity contribution >= 4 is 15.8 Å². The molecule has 6 nitrogen and oxygen atoms in total. The van der Waals surface area contributed by atoms with E-state index >= 15 is 0 Å². The van der Waals surface area contributed by atoms with Crippen molar-refractivity contribution in [3.63, 3.8) is 0 Å². The Labute approximate surface area is 167 Å². The van der Waals surface area contributed by atoms with Crippen molar-refractivity contribution in [2.45, 2.75) is 48.8 Å². The highest BCUT2D eigenvalue weighted by atomic mass is 32.2. The predicted molar refractivity (Wildman–Crippen MR) is 101 cm³/mol. The van der Waals surface area contributed by atoms with Crippen LogP contribution in [0.5, 0.6) is 0 Å². The van der Waals surface area contributed by atoms with Crippen LogP contribution < -0.4 is 4.90 Å². The van der Waals surface area contributed by atoms with Gasteiger partial charge >= 0.3 is 6.18 Å². The van der Waals surface area contributed by atoms with Crippen molar-refractivity contribution < 1.29 is 21.6 Å². The molecular formula is C19H21F3N4O2S. The van der Waals surface area contributed by atoms with Crippen molar-refractivity contribution in [1.29, 1.82) is 0 Å². The second-order valence-electron chi connectivity index (χ2n) is 7.36. The Morgan fingerprint density at radius 1 is 0.966 bits per heavy atom. The van der Waals surface area contributed by atoms with Gasteiger partial charge in [-0.2, -0.15) is 17.5 Å². The van der Waals surface area contributed by atoms with Crippen molar-refractivity contribution in [1.82, 2.24) is 14.3 Å². The van der Waals surface area contributed by atoms with Crippen LogP contribution in [-0.2, 0) is 16.2 Å². The number of rotatable bonds is 5. The molecule has 1 aromatic carbocycles. The molecule has 1 saturated heterocycles. The molecule has 0 atom stereocenters. The number of hydrogen-bond acceptors (Lipinski definition) is 5. The zero-order valence-corrected chi connectivity index (χ0v) is 16.4. The molecule has 0 spiro atoms. The number of hydrogen-bond donors (Lipinski definition) is 0. The normalized spacial score (nSPS) is 19.3. The van der Waals surface area contributed by atoms with Gasteiger partial charge < -0.3 is 4.90 Å². The number of aromatic nitrogens is 2. The van der Waals surface area contributed by atoms with Crippen LogP contribution in [0.3, 0.4) is 0 Å². The van der Waals surface area contributed by atoms with E-state index in [1.807, 2.05) is 6.07 Å². The molecule has 29 heavy (non-hydrogen) atoms. The lowest BCUT2D eigenvalue weighted by atomic mass is 10.0. The number of benzene rings is 1. The summed E-state index contributed by atoms with van der Waals surface area (Å²) in [7, 11) is -3.82. The van der Waals surface area contributed by atoms with Crippen molar-refractivity contribution in [3.8, 4) is 0 Å². The summed E-state index contributed by atoms with van der Waals surface area (Å²) in [5, 5.41) is 0. The first-order valence-corrected chi connectivity index (χ1v) is 10.9. The molecular weight excluding hydrogens is 405 g/mol. The van der Waals surface area contributed by atoms with E-state index in [9.17, 15) is 21.6 Å². The fourth-order valence-corrected chi connectivity index (χ4v) is 5.26. The molecule has 1 aliphatic carbocycles. The summed E-state index contributed by atoms with van der Waals surface area (Å²) in [5.74, 6) is 0.853. The van der Waals surface area contributed by atoms with Crippen molar-refractivity contribution in [2.75, 3.05) is 18.0 Å². The summed E-state index contributed by atoms with van der Waals surface area (Å²) < 4.78 is 65.2. The van der Waals surface area contributed by atoms with E-state index in [0.717, 1.165) is 42.9 Å². The topological polar surface area (TPSA) is 66.4 Å². The highest BCUT2D eigenvalue weighted by Crippen LogP contribution is 2.36. The molecule has 1 saturated carbocycles. The molecule has 10 heteroatoms. The number of piperidine rings is 1. The highest BCUT2D eigenvalue weighted by molar-refractivity contribution is 7.89. The second-order valence-corrected chi connectivity index (χ2v) is 9.30.